The first-order chi connectivity index (χ1) is 22.8. The Morgan fingerprint density at radius 3 is 2.09 bits per heavy atom. The third kappa shape index (κ3) is 8.60. The molecular weight excluding hydrogens is 611 g/mol. The number of hydrogen-bond acceptors (Lipinski definition) is 5. The van der Waals surface area contributed by atoms with E-state index < -0.39 is 28.5 Å². The Morgan fingerprint density at radius 1 is 0.809 bits per heavy atom. The summed E-state index contributed by atoms with van der Waals surface area (Å²) in [6.07, 6.45) is 5.31. The molecule has 0 heterocycles. The van der Waals surface area contributed by atoms with Gasteiger partial charge in [-0.15, -0.1) is 0 Å². The van der Waals surface area contributed by atoms with E-state index in [0.717, 1.165) is 53.1 Å². The van der Waals surface area contributed by atoms with E-state index in [1.807, 2.05) is 61.5 Å². The average Bonchev–Trinajstić information content (AvgIpc) is 3.10. The lowest BCUT2D eigenvalue weighted by Gasteiger charge is -2.35. The highest BCUT2D eigenvalue weighted by molar-refractivity contribution is 7.92. The van der Waals surface area contributed by atoms with E-state index in [1.165, 1.54) is 19.2 Å². The molecule has 5 rings (SSSR count). The lowest BCUT2D eigenvalue weighted by molar-refractivity contribution is -0.140. The average molecular weight is 654 g/mol. The van der Waals surface area contributed by atoms with Crippen molar-refractivity contribution in [1.29, 1.82) is 0 Å². The van der Waals surface area contributed by atoms with E-state index >= 15 is 0 Å². The highest BCUT2D eigenvalue weighted by atomic mass is 32.2. The van der Waals surface area contributed by atoms with Crippen molar-refractivity contribution >= 4 is 27.5 Å². The Morgan fingerprint density at radius 2 is 1.43 bits per heavy atom. The van der Waals surface area contributed by atoms with Gasteiger partial charge in [0.2, 0.25) is 11.8 Å². The minimum atomic E-state index is -4.22. The van der Waals surface area contributed by atoms with Gasteiger partial charge in [-0.3, -0.25) is 13.9 Å². The van der Waals surface area contributed by atoms with Crippen molar-refractivity contribution < 1.29 is 22.7 Å². The van der Waals surface area contributed by atoms with Gasteiger partial charge in [0.15, 0.2) is 0 Å². The number of rotatable bonds is 13. The Kier molecular flexibility index (Phi) is 11.3. The van der Waals surface area contributed by atoms with Crippen LogP contribution in [0.3, 0.4) is 0 Å². The van der Waals surface area contributed by atoms with E-state index in [2.05, 4.69) is 5.32 Å². The second kappa shape index (κ2) is 15.8. The Bertz CT molecular complexity index is 1720. The predicted octanol–water partition coefficient (Wildman–Crippen LogP) is 6.29. The quantitative estimate of drug-likeness (QED) is 0.183. The summed E-state index contributed by atoms with van der Waals surface area (Å²) in [6.45, 7) is 1.58. The van der Waals surface area contributed by atoms with Gasteiger partial charge in [-0.05, 0) is 55.2 Å². The van der Waals surface area contributed by atoms with Crippen LogP contribution in [0.1, 0.15) is 48.8 Å². The molecule has 246 valence electrons. The van der Waals surface area contributed by atoms with Crippen molar-refractivity contribution in [1.82, 2.24) is 10.2 Å². The fourth-order valence-electron chi connectivity index (χ4n) is 6.06. The molecule has 0 spiro atoms. The fraction of sp³-hybridized carbons (Fsp3) is 0.316. The van der Waals surface area contributed by atoms with Gasteiger partial charge in [0, 0.05) is 19.0 Å². The number of aryl methyl sites for hydroxylation is 1. The van der Waals surface area contributed by atoms with Crippen molar-refractivity contribution in [2.24, 2.45) is 0 Å². The van der Waals surface area contributed by atoms with Crippen LogP contribution in [0.5, 0.6) is 5.75 Å². The number of hydrogen-bond donors (Lipinski definition) is 1. The molecule has 1 fully saturated rings. The molecule has 1 aliphatic carbocycles. The number of amides is 2. The van der Waals surface area contributed by atoms with Crippen molar-refractivity contribution in [3.63, 3.8) is 0 Å². The minimum absolute atomic E-state index is 0.0365. The van der Waals surface area contributed by atoms with Crippen LogP contribution >= 0.6 is 0 Å². The number of ether oxygens (including phenoxy) is 1. The molecule has 2 amide bonds. The molecule has 47 heavy (non-hydrogen) atoms. The molecule has 9 heteroatoms. The summed E-state index contributed by atoms with van der Waals surface area (Å²) in [5, 5.41) is 3.24. The third-order valence-corrected chi connectivity index (χ3v) is 10.4. The first-order valence-corrected chi connectivity index (χ1v) is 17.6. The Balaban J connectivity index is 1.57. The predicted molar refractivity (Wildman–Crippen MR) is 185 cm³/mol. The standard InChI is InChI=1S/C38H43N3O5S/c1-29-22-24-31(25-23-29)27-40(35(26-30-14-6-3-7-15-30)38(43)39-32-16-8-4-9-17-32)37(42)28-41(34-20-12-13-21-36(34)46-2)47(44,45)33-18-10-5-11-19-33/h3,5-7,10-15,18-25,32,35H,4,8-9,16-17,26-28H2,1-2H3,(H,39,43). The summed E-state index contributed by atoms with van der Waals surface area (Å²) in [5.41, 5.74) is 3.03. The SMILES string of the molecule is COc1ccccc1N(CC(=O)N(Cc1ccc(C)cc1)C(Cc1ccccc1)C(=O)NC1CCCCC1)S(=O)(=O)c1ccccc1. The smallest absolute Gasteiger partial charge is 0.264 e. The number of carbonyl (C=O) groups excluding carboxylic acids is 2. The lowest BCUT2D eigenvalue weighted by Crippen LogP contribution is -2.55. The molecule has 1 atom stereocenters. The lowest BCUT2D eigenvalue weighted by atomic mass is 9.94. The Hall–Kier alpha value is -4.63. The molecule has 1 aliphatic rings. The largest absolute Gasteiger partial charge is 0.495 e. The first-order valence-electron chi connectivity index (χ1n) is 16.2. The fourth-order valence-corrected chi connectivity index (χ4v) is 7.50. The molecule has 0 aromatic heterocycles. The zero-order chi connectivity index (χ0) is 33.2. The maximum absolute atomic E-state index is 14.7. The molecule has 0 radical (unpaired) electrons. The van der Waals surface area contributed by atoms with E-state index in [1.54, 1.807) is 47.4 Å². The molecule has 1 unspecified atom stereocenters. The number of para-hydroxylation sites is 2. The number of nitrogens with one attached hydrogen (secondary N) is 1. The monoisotopic (exact) mass is 653 g/mol. The van der Waals surface area contributed by atoms with Gasteiger partial charge < -0.3 is 15.0 Å². The zero-order valence-electron chi connectivity index (χ0n) is 27.0. The summed E-state index contributed by atoms with van der Waals surface area (Å²) in [4.78, 5) is 30.5. The molecule has 0 saturated heterocycles. The van der Waals surface area contributed by atoms with Crippen LogP contribution in [0.25, 0.3) is 0 Å². The maximum atomic E-state index is 14.7. The topological polar surface area (TPSA) is 96.0 Å². The highest BCUT2D eigenvalue weighted by Gasteiger charge is 2.36. The van der Waals surface area contributed by atoms with Gasteiger partial charge in [-0.1, -0.05) is 110 Å². The van der Waals surface area contributed by atoms with Crippen molar-refractivity contribution in [3.8, 4) is 5.75 Å². The molecule has 0 bridgehead atoms. The van der Waals surface area contributed by atoms with Crippen LogP contribution < -0.4 is 14.4 Å². The van der Waals surface area contributed by atoms with Crippen LogP contribution in [0.4, 0.5) is 5.69 Å². The van der Waals surface area contributed by atoms with Crippen molar-refractivity contribution in [3.05, 3.63) is 126 Å². The molecule has 4 aromatic carbocycles. The third-order valence-electron chi connectivity index (χ3n) is 8.66. The maximum Gasteiger partial charge on any atom is 0.264 e. The van der Waals surface area contributed by atoms with E-state index in [-0.39, 0.29) is 35.5 Å². The highest BCUT2D eigenvalue weighted by Crippen LogP contribution is 2.32. The summed E-state index contributed by atoms with van der Waals surface area (Å²) >= 11 is 0. The molecule has 1 N–H and O–H groups in total. The van der Waals surface area contributed by atoms with Gasteiger partial charge in [0.25, 0.3) is 10.0 Å². The molecular formula is C38H43N3O5S. The van der Waals surface area contributed by atoms with E-state index in [4.69, 9.17) is 4.74 Å². The second-order valence-electron chi connectivity index (χ2n) is 12.1. The first kappa shape index (κ1) is 33.7. The number of anilines is 1. The van der Waals surface area contributed by atoms with E-state index in [9.17, 15) is 18.0 Å². The summed E-state index contributed by atoms with van der Waals surface area (Å²) < 4.78 is 35.1. The summed E-state index contributed by atoms with van der Waals surface area (Å²) in [5.74, 6) is -0.438. The van der Waals surface area contributed by atoms with E-state index in [0.29, 0.717) is 5.75 Å². The van der Waals surface area contributed by atoms with Crippen molar-refractivity contribution in [2.75, 3.05) is 18.0 Å². The van der Waals surface area contributed by atoms with Crippen LogP contribution in [0.2, 0.25) is 0 Å². The summed E-state index contributed by atoms with van der Waals surface area (Å²) in [7, 11) is -2.75. The second-order valence-corrected chi connectivity index (χ2v) is 13.9. The van der Waals surface area contributed by atoms with Crippen molar-refractivity contribution in [2.45, 2.75) is 69.0 Å². The molecule has 1 saturated carbocycles. The van der Waals surface area contributed by atoms with Gasteiger partial charge in [-0.25, -0.2) is 8.42 Å². The number of methoxy groups -OCH3 is 1. The number of nitrogens with zero attached hydrogens (tertiary/aromatic N) is 2. The van der Waals surface area contributed by atoms with Gasteiger partial charge in [0.1, 0.15) is 18.3 Å². The Labute approximate surface area is 278 Å². The van der Waals surface area contributed by atoms with Gasteiger partial charge >= 0.3 is 0 Å². The van der Waals surface area contributed by atoms with Gasteiger partial charge in [-0.2, -0.15) is 0 Å². The number of sulfonamides is 1. The molecule has 4 aromatic rings. The van der Waals surface area contributed by atoms with Crippen LogP contribution in [0.15, 0.2) is 114 Å². The molecule has 8 nitrogen and oxygen atoms in total. The number of carbonyl (C=O) groups is 2. The molecule has 0 aliphatic heterocycles. The van der Waals surface area contributed by atoms with Gasteiger partial charge in [0.05, 0.1) is 17.7 Å². The van der Waals surface area contributed by atoms with Crippen LogP contribution in [0, 0.1) is 6.92 Å². The van der Waals surface area contributed by atoms with Crippen LogP contribution in [-0.2, 0) is 32.6 Å². The number of benzene rings is 4. The van der Waals surface area contributed by atoms with Crippen LogP contribution in [-0.4, -0.2) is 50.9 Å². The minimum Gasteiger partial charge on any atom is -0.495 e. The summed E-state index contributed by atoms with van der Waals surface area (Å²) in [6, 6.07) is 31.3. The normalized spacial score (nSPS) is 14.2. The zero-order valence-corrected chi connectivity index (χ0v) is 27.9.